The van der Waals surface area contributed by atoms with Crippen molar-refractivity contribution in [3.05, 3.63) is 21.7 Å². The van der Waals surface area contributed by atoms with Gasteiger partial charge in [-0.2, -0.15) is 0 Å². The fraction of sp³-hybridized carbons (Fsp3) is 0.650. The molecule has 1 aromatic carbocycles. The predicted octanol–water partition coefficient (Wildman–Crippen LogP) is 3.03. The molecule has 2 aliphatic carbocycles. The van der Waals surface area contributed by atoms with Crippen LogP contribution in [0.5, 0.6) is 11.5 Å². The summed E-state index contributed by atoms with van der Waals surface area (Å²) in [6.45, 7) is 2.96. The Morgan fingerprint density at radius 3 is 3.11 bits per heavy atom. The Balaban J connectivity index is 1.55. The van der Waals surface area contributed by atoms with Crippen LogP contribution in [0, 0.1) is 5.92 Å². The van der Waals surface area contributed by atoms with Crippen molar-refractivity contribution in [2.75, 3.05) is 20.3 Å². The average Bonchev–Trinajstić information content (AvgIpc) is 3.34. The lowest BCUT2D eigenvalue weighted by molar-refractivity contribution is -0.0389. The van der Waals surface area contributed by atoms with Crippen molar-refractivity contribution in [3.63, 3.8) is 0 Å². The average molecular weight is 436 g/mol. The van der Waals surface area contributed by atoms with Gasteiger partial charge in [0.25, 0.3) is 0 Å². The molecule has 2 bridgehead atoms. The van der Waals surface area contributed by atoms with Crippen LogP contribution in [0.15, 0.2) is 10.5 Å². The molecular weight excluding hydrogens is 414 g/mol. The van der Waals surface area contributed by atoms with Crippen LogP contribution in [0.25, 0.3) is 0 Å². The van der Waals surface area contributed by atoms with Crippen LogP contribution in [0.1, 0.15) is 30.9 Å². The van der Waals surface area contributed by atoms with Crippen molar-refractivity contribution < 1.29 is 23.7 Å². The largest absolute Gasteiger partial charge is 0.493 e. The molecule has 6 atom stereocenters. The number of hydrogen-bond donors (Lipinski definition) is 0. The number of fused-ring (bicyclic) bond motifs is 2. The van der Waals surface area contributed by atoms with Crippen LogP contribution in [-0.4, -0.2) is 55.6 Å². The van der Waals surface area contributed by atoms with Gasteiger partial charge in [-0.1, -0.05) is 15.9 Å². The highest BCUT2D eigenvalue weighted by molar-refractivity contribution is 9.10. The third kappa shape index (κ3) is 1.87. The van der Waals surface area contributed by atoms with Gasteiger partial charge in [0.1, 0.15) is 12.2 Å². The van der Waals surface area contributed by atoms with E-state index in [2.05, 4.69) is 15.9 Å². The van der Waals surface area contributed by atoms with Crippen molar-refractivity contribution in [1.29, 1.82) is 0 Å². The zero-order chi connectivity index (χ0) is 18.5. The molecule has 144 valence electrons. The zero-order valence-electron chi connectivity index (χ0n) is 15.4. The Hall–Kier alpha value is -1.47. The van der Waals surface area contributed by atoms with Crippen LogP contribution in [-0.2, 0) is 21.3 Å². The smallest absolute Gasteiger partial charge is 0.410 e. The van der Waals surface area contributed by atoms with E-state index in [0.717, 1.165) is 35.2 Å². The molecule has 6 nitrogen and oxygen atoms in total. The molecule has 0 N–H and O–H groups in total. The maximum absolute atomic E-state index is 12.7. The number of piperidine rings is 1. The van der Waals surface area contributed by atoms with Gasteiger partial charge in [0.05, 0.1) is 19.8 Å². The standard InChI is InChI=1S/C20H22BrNO5/c1-3-25-19(23)22-5-4-20-10-7-14-17(26-14)18(20)27-16-13(24-2)8-11(21)9(15(16)20)6-12(10)22/h8,10,12,14,17-18H,3-7H2,1-2H3/t10-,12+,14-,17?,18-,20-/m0/s1. The van der Waals surface area contributed by atoms with E-state index in [-0.39, 0.29) is 35.9 Å². The number of halogens is 1. The lowest BCUT2D eigenvalue weighted by Crippen LogP contribution is -2.66. The van der Waals surface area contributed by atoms with E-state index in [4.69, 9.17) is 18.9 Å². The van der Waals surface area contributed by atoms with E-state index in [1.54, 1.807) is 7.11 Å². The minimum absolute atomic E-state index is 0.0188. The molecule has 3 fully saturated rings. The van der Waals surface area contributed by atoms with Crippen LogP contribution in [0.3, 0.4) is 0 Å². The molecule has 1 aromatic rings. The van der Waals surface area contributed by atoms with E-state index in [0.29, 0.717) is 19.1 Å². The summed E-state index contributed by atoms with van der Waals surface area (Å²) in [5, 5.41) is 0. The van der Waals surface area contributed by atoms with E-state index < -0.39 is 0 Å². The predicted molar refractivity (Wildman–Crippen MR) is 99.4 cm³/mol. The van der Waals surface area contributed by atoms with E-state index in [1.807, 2.05) is 17.9 Å². The minimum Gasteiger partial charge on any atom is -0.493 e. The Kier molecular flexibility index (Phi) is 3.25. The monoisotopic (exact) mass is 435 g/mol. The lowest BCUT2D eigenvalue weighted by Gasteiger charge is -2.56. The second-order valence-electron chi connectivity index (χ2n) is 8.22. The molecule has 6 rings (SSSR count). The first-order chi connectivity index (χ1) is 13.1. The second-order valence-corrected chi connectivity index (χ2v) is 9.07. The van der Waals surface area contributed by atoms with Gasteiger partial charge in [-0.25, -0.2) is 4.79 Å². The van der Waals surface area contributed by atoms with Crippen molar-refractivity contribution >= 4 is 22.0 Å². The quantitative estimate of drug-likeness (QED) is 0.668. The summed E-state index contributed by atoms with van der Waals surface area (Å²) in [4.78, 5) is 14.6. The zero-order valence-corrected chi connectivity index (χ0v) is 17.0. The van der Waals surface area contributed by atoms with E-state index >= 15 is 0 Å². The SMILES string of the molecule is CCOC(=O)N1CC[C@]23c4c5c(Br)cc(OC)c4O[C@H]2C2O[C@H]2C[C@H]3[C@H]1C5. The second kappa shape index (κ2) is 5.32. The number of epoxide rings is 1. The lowest BCUT2D eigenvalue weighted by atomic mass is 9.52. The number of rotatable bonds is 2. The Labute approximate surface area is 166 Å². The maximum Gasteiger partial charge on any atom is 0.410 e. The van der Waals surface area contributed by atoms with Gasteiger partial charge in [0, 0.05) is 28.0 Å². The van der Waals surface area contributed by atoms with Gasteiger partial charge >= 0.3 is 6.09 Å². The molecule has 1 spiro atoms. The number of amides is 1. The highest BCUT2D eigenvalue weighted by Gasteiger charge is 2.72. The molecule has 3 heterocycles. The normalized spacial score (nSPS) is 39.2. The van der Waals surface area contributed by atoms with Crippen molar-refractivity contribution in [2.24, 2.45) is 5.92 Å². The van der Waals surface area contributed by atoms with E-state index in [1.165, 1.54) is 11.1 Å². The number of likely N-dealkylation sites (tertiary alicyclic amines) is 1. The van der Waals surface area contributed by atoms with Crippen LogP contribution < -0.4 is 9.47 Å². The molecule has 27 heavy (non-hydrogen) atoms. The van der Waals surface area contributed by atoms with E-state index in [9.17, 15) is 4.79 Å². The first-order valence-corrected chi connectivity index (χ1v) is 10.5. The number of benzene rings is 1. The summed E-state index contributed by atoms with van der Waals surface area (Å²) in [7, 11) is 1.69. The summed E-state index contributed by atoms with van der Waals surface area (Å²) in [6.07, 6.45) is 2.92. The molecule has 7 heteroatoms. The van der Waals surface area contributed by atoms with Crippen molar-refractivity contribution in [3.8, 4) is 11.5 Å². The molecule has 5 aliphatic rings. The topological polar surface area (TPSA) is 60.5 Å². The number of carbonyl (C=O) groups is 1. The molecule has 2 saturated heterocycles. The molecule has 1 amide bonds. The summed E-state index contributed by atoms with van der Waals surface area (Å²) in [6, 6.07) is 2.12. The minimum atomic E-state index is -0.194. The van der Waals surface area contributed by atoms with Gasteiger partial charge in [-0.3, -0.25) is 0 Å². The molecule has 3 aliphatic heterocycles. The number of ether oxygens (including phenoxy) is 4. The van der Waals surface area contributed by atoms with Crippen LogP contribution in [0.2, 0.25) is 0 Å². The van der Waals surface area contributed by atoms with Gasteiger partial charge < -0.3 is 23.8 Å². The number of nitrogens with zero attached hydrogens (tertiary/aromatic N) is 1. The van der Waals surface area contributed by atoms with Gasteiger partial charge in [-0.15, -0.1) is 0 Å². The third-order valence-electron chi connectivity index (χ3n) is 7.35. The molecule has 0 aromatic heterocycles. The first-order valence-electron chi connectivity index (χ1n) is 9.75. The molecule has 1 unspecified atom stereocenters. The number of methoxy groups -OCH3 is 1. The van der Waals surface area contributed by atoms with Crippen molar-refractivity contribution in [2.45, 2.75) is 56.0 Å². The maximum atomic E-state index is 12.7. The van der Waals surface area contributed by atoms with Crippen molar-refractivity contribution in [1.82, 2.24) is 4.90 Å². The highest BCUT2D eigenvalue weighted by atomic mass is 79.9. The van der Waals surface area contributed by atoms with Gasteiger partial charge in [-0.05, 0) is 43.7 Å². The summed E-state index contributed by atoms with van der Waals surface area (Å²) >= 11 is 3.76. The van der Waals surface area contributed by atoms with Gasteiger partial charge in [0.2, 0.25) is 0 Å². The molecular formula is C20H22BrNO5. The number of carbonyl (C=O) groups excluding carboxylic acids is 1. The Morgan fingerprint density at radius 1 is 1.48 bits per heavy atom. The molecule has 0 radical (unpaired) electrons. The summed E-state index contributed by atoms with van der Waals surface area (Å²) in [5.41, 5.74) is 2.46. The third-order valence-corrected chi connectivity index (χ3v) is 8.06. The van der Waals surface area contributed by atoms with Gasteiger partial charge in [0.15, 0.2) is 11.5 Å². The Bertz CT molecular complexity index is 859. The highest BCUT2D eigenvalue weighted by Crippen LogP contribution is 2.67. The Morgan fingerprint density at radius 2 is 2.33 bits per heavy atom. The molecule has 1 saturated carbocycles. The fourth-order valence-corrected chi connectivity index (χ4v) is 6.92. The first kappa shape index (κ1) is 16.5. The van der Waals surface area contributed by atoms with Crippen LogP contribution in [0.4, 0.5) is 4.79 Å². The number of hydrogen-bond acceptors (Lipinski definition) is 5. The fourth-order valence-electron chi connectivity index (χ4n) is 6.35. The summed E-state index contributed by atoms with van der Waals surface area (Å²) < 4.78 is 24.6. The summed E-state index contributed by atoms with van der Waals surface area (Å²) in [5.74, 6) is 2.01. The van der Waals surface area contributed by atoms with Crippen LogP contribution >= 0.6 is 15.9 Å².